The Kier molecular flexibility index (Phi) is 4.90. The van der Waals surface area contributed by atoms with E-state index in [2.05, 4.69) is 5.32 Å². The fourth-order valence-electron chi connectivity index (χ4n) is 1.48. The Morgan fingerprint density at radius 1 is 1.59 bits per heavy atom. The zero-order chi connectivity index (χ0) is 13.0. The number of hydrogen-bond donors (Lipinski definition) is 1. The van der Waals surface area contributed by atoms with Crippen molar-refractivity contribution in [1.82, 2.24) is 10.2 Å². The van der Waals surface area contributed by atoms with E-state index in [0.717, 1.165) is 0 Å². The molecule has 1 amide bonds. The molecule has 0 aliphatic carbocycles. The summed E-state index contributed by atoms with van der Waals surface area (Å²) in [5.74, 6) is -0.464. The van der Waals surface area contributed by atoms with Crippen LogP contribution in [0.4, 0.5) is 4.39 Å². The van der Waals surface area contributed by atoms with Gasteiger partial charge in [-0.2, -0.15) is 0 Å². The van der Waals surface area contributed by atoms with Crippen molar-refractivity contribution in [3.63, 3.8) is 0 Å². The Bertz CT molecular complexity index is 391. The third-order valence-electron chi connectivity index (χ3n) is 2.76. The summed E-state index contributed by atoms with van der Waals surface area (Å²) in [6.45, 7) is 2.05. The van der Waals surface area contributed by atoms with E-state index < -0.39 is 0 Å². The number of hydrogen-bond acceptors (Lipinski definition) is 2. The van der Waals surface area contributed by atoms with Gasteiger partial charge in [-0.15, -0.1) is 0 Å². The smallest absolute Gasteiger partial charge is 0.236 e. The SMILES string of the molecule is CNC(=O)[C@H](C)N(C)Cc1c(F)cccc1Cl. The Morgan fingerprint density at radius 2 is 2.24 bits per heavy atom. The summed E-state index contributed by atoms with van der Waals surface area (Å²) < 4.78 is 13.5. The van der Waals surface area contributed by atoms with Gasteiger partial charge in [0.25, 0.3) is 0 Å². The second-order valence-corrected chi connectivity index (χ2v) is 4.31. The summed E-state index contributed by atoms with van der Waals surface area (Å²) in [7, 11) is 3.32. The maximum Gasteiger partial charge on any atom is 0.236 e. The van der Waals surface area contributed by atoms with Gasteiger partial charge in [0.05, 0.1) is 6.04 Å². The quantitative estimate of drug-likeness (QED) is 0.897. The molecule has 3 nitrogen and oxygen atoms in total. The Labute approximate surface area is 106 Å². The van der Waals surface area contributed by atoms with Gasteiger partial charge in [0.1, 0.15) is 5.82 Å². The van der Waals surface area contributed by atoms with Crippen molar-refractivity contribution in [2.75, 3.05) is 14.1 Å². The lowest BCUT2D eigenvalue weighted by atomic mass is 10.1. The lowest BCUT2D eigenvalue weighted by Crippen LogP contribution is -2.41. The molecule has 5 heteroatoms. The monoisotopic (exact) mass is 258 g/mol. The van der Waals surface area contributed by atoms with E-state index in [4.69, 9.17) is 11.6 Å². The molecule has 0 heterocycles. The van der Waals surface area contributed by atoms with Gasteiger partial charge in [-0.25, -0.2) is 4.39 Å². The average molecular weight is 259 g/mol. The number of nitrogens with one attached hydrogen (secondary N) is 1. The van der Waals surface area contributed by atoms with Crippen molar-refractivity contribution in [3.8, 4) is 0 Å². The molecule has 0 saturated heterocycles. The van der Waals surface area contributed by atoms with Crippen molar-refractivity contribution in [3.05, 3.63) is 34.6 Å². The van der Waals surface area contributed by atoms with E-state index in [1.807, 2.05) is 0 Å². The number of rotatable bonds is 4. The van der Waals surface area contributed by atoms with Crippen molar-refractivity contribution < 1.29 is 9.18 Å². The molecule has 0 unspecified atom stereocenters. The minimum absolute atomic E-state index is 0.111. The van der Waals surface area contributed by atoms with Crippen LogP contribution in [0.5, 0.6) is 0 Å². The molecule has 0 aliphatic heterocycles. The molecule has 0 spiro atoms. The molecule has 1 aromatic rings. The predicted octanol–water partition coefficient (Wildman–Crippen LogP) is 2.05. The highest BCUT2D eigenvalue weighted by Gasteiger charge is 2.18. The number of carbonyl (C=O) groups is 1. The summed E-state index contributed by atoms with van der Waals surface area (Å²) in [5, 5.41) is 2.93. The molecule has 1 aromatic carbocycles. The van der Waals surface area contributed by atoms with Crippen LogP contribution in [0, 0.1) is 5.82 Å². The zero-order valence-corrected chi connectivity index (χ0v) is 10.9. The normalized spacial score (nSPS) is 12.6. The molecule has 94 valence electrons. The first kappa shape index (κ1) is 13.9. The van der Waals surface area contributed by atoms with E-state index in [1.165, 1.54) is 6.07 Å². The standard InChI is InChI=1S/C12H16ClFN2O/c1-8(12(17)15-2)16(3)7-9-10(13)5-4-6-11(9)14/h4-6,8H,7H2,1-3H3,(H,15,17)/t8-/m0/s1. The van der Waals surface area contributed by atoms with Crippen LogP contribution in [0.25, 0.3) is 0 Å². The Hall–Kier alpha value is -1.13. The Morgan fingerprint density at radius 3 is 2.76 bits per heavy atom. The van der Waals surface area contributed by atoms with E-state index >= 15 is 0 Å². The molecule has 0 saturated carbocycles. The summed E-state index contributed by atoms with van der Waals surface area (Å²) in [4.78, 5) is 13.2. The first-order chi connectivity index (χ1) is 7.97. The molecular weight excluding hydrogens is 243 g/mol. The molecule has 1 atom stereocenters. The molecule has 17 heavy (non-hydrogen) atoms. The van der Waals surface area contributed by atoms with Gasteiger partial charge in [0.2, 0.25) is 5.91 Å². The first-order valence-corrected chi connectivity index (χ1v) is 5.70. The topological polar surface area (TPSA) is 32.3 Å². The number of likely N-dealkylation sites (N-methyl/N-ethyl adjacent to an activating group) is 2. The zero-order valence-electron chi connectivity index (χ0n) is 10.1. The van der Waals surface area contributed by atoms with Gasteiger partial charge < -0.3 is 5.32 Å². The molecule has 0 bridgehead atoms. The van der Waals surface area contributed by atoms with Gasteiger partial charge in [-0.05, 0) is 26.1 Å². The largest absolute Gasteiger partial charge is 0.358 e. The minimum atomic E-state index is -0.353. The van der Waals surface area contributed by atoms with Gasteiger partial charge in [-0.3, -0.25) is 9.69 Å². The summed E-state index contributed by atoms with van der Waals surface area (Å²) in [6.07, 6.45) is 0. The Balaban J connectivity index is 2.81. The average Bonchev–Trinajstić information content (AvgIpc) is 2.31. The predicted molar refractivity (Wildman–Crippen MR) is 66.4 cm³/mol. The van der Waals surface area contributed by atoms with Gasteiger partial charge in [-0.1, -0.05) is 17.7 Å². The number of amides is 1. The highest BCUT2D eigenvalue weighted by Crippen LogP contribution is 2.20. The van der Waals surface area contributed by atoms with Gasteiger partial charge in [0.15, 0.2) is 0 Å². The number of carbonyl (C=O) groups excluding carboxylic acids is 1. The van der Waals surface area contributed by atoms with Crippen molar-refractivity contribution in [2.24, 2.45) is 0 Å². The highest BCUT2D eigenvalue weighted by molar-refractivity contribution is 6.31. The first-order valence-electron chi connectivity index (χ1n) is 5.32. The second-order valence-electron chi connectivity index (χ2n) is 3.91. The molecule has 1 N–H and O–H groups in total. The van der Waals surface area contributed by atoms with Gasteiger partial charge >= 0.3 is 0 Å². The van der Waals surface area contributed by atoms with Crippen LogP contribution in [0.15, 0.2) is 18.2 Å². The maximum absolute atomic E-state index is 13.5. The summed E-state index contributed by atoms with van der Waals surface area (Å²) >= 11 is 5.92. The van der Waals surface area contributed by atoms with Crippen LogP contribution in [0.3, 0.4) is 0 Å². The molecule has 0 fully saturated rings. The summed E-state index contributed by atoms with van der Waals surface area (Å²) in [6, 6.07) is 4.22. The number of halogens is 2. The minimum Gasteiger partial charge on any atom is -0.358 e. The van der Waals surface area contributed by atoms with E-state index in [9.17, 15) is 9.18 Å². The third-order valence-corrected chi connectivity index (χ3v) is 3.11. The molecule has 0 aromatic heterocycles. The fourth-order valence-corrected chi connectivity index (χ4v) is 1.70. The van der Waals surface area contributed by atoms with Crippen LogP contribution in [0.2, 0.25) is 5.02 Å². The van der Waals surface area contributed by atoms with E-state index in [-0.39, 0.29) is 17.8 Å². The third kappa shape index (κ3) is 3.41. The van der Waals surface area contributed by atoms with E-state index in [1.54, 1.807) is 38.1 Å². The van der Waals surface area contributed by atoms with Gasteiger partial charge in [0, 0.05) is 24.2 Å². The lowest BCUT2D eigenvalue weighted by molar-refractivity contribution is -0.125. The number of nitrogens with zero attached hydrogens (tertiary/aromatic N) is 1. The molecular formula is C12H16ClFN2O. The summed E-state index contributed by atoms with van der Waals surface area (Å²) in [5.41, 5.74) is 0.410. The van der Waals surface area contributed by atoms with Crippen molar-refractivity contribution in [1.29, 1.82) is 0 Å². The van der Waals surface area contributed by atoms with Crippen molar-refractivity contribution >= 4 is 17.5 Å². The van der Waals surface area contributed by atoms with Crippen molar-refractivity contribution in [2.45, 2.75) is 19.5 Å². The highest BCUT2D eigenvalue weighted by atomic mass is 35.5. The maximum atomic E-state index is 13.5. The van der Waals surface area contributed by atoms with E-state index in [0.29, 0.717) is 17.1 Å². The van der Waals surface area contributed by atoms with Crippen LogP contribution in [-0.4, -0.2) is 30.9 Å². The molecule has 0 aliphatic rings. The van der Waals surface area contributed by atoms with Crippen LogP contribution < -0.4 is 5.32 Å². The van der Waals surface area contributed by atoms with Crippen LogP contribution in [0.1, 0.15) is 12.5 Å². The van der Waals surface area contributed by atoms with Crippen LogP contribution in [-0.2, 0) is 11.3 Å². The lowest BCUT2D eigenvalue weighted by Gasteiger charge is -2.23. The molecule has 1 rings (SSSR count). The van der Waals surface area contributed by atoms with Crippen LogP contribution >= 0.6 is 11.6 Å². The fraction of sp³-hybridized carbons (Fsp3) is 0.417. The second kappa shape index (κ2) is 5.98. The number of benzene rings is 1. The molecule has 0 radical (unpaired) electrons.